The molecule has 0 atom stereocenters. The van der Waals surface area contributed by atoms with E-state index in [9.17, 15) is 0 Å². The Morgan fingerprint density at radius 1 is 0.235 bits per heavy atom. The van der Waals surface area contributed by atoms with Crippen molar-refractivity contribution in [1.82, 2.24) is 0 Å². The minimum Gasteiger partial charge on any atom is -0.310 e. The third-order valence-electron chi connectivity index (χ3n) is 13.8. The molecule has 12 rings (SSSR count). The molecule has 0 aromatic heterocycles. The van der Waals surface area contributed by atoms with E-state index < -0.39 is 8.07 Å². The van der Waals surface area contributed by atoms with E-state index in [1.54, 1.807) is 0 Å². The maximum Gasteiger partial charge on any atom is 0.179 e. The van der Waals surface area contributed by atoms with Crippen LogP contribution in [0.4, 0.5) is 17.1 Å². The second-order valence-electron chi connectivity index (χ2n) is 17.5. The van der Waals surface area contributed by atoms with Crippen molar-refractivity contribution in [2.45, 2.75) is 0 Å². The van der Waals surface area contributed by atoms with Crippen LogP contribution in [0, 0.1) is 0 Å². The summed E-state index contributed by atoms with van der Waals surface area (Å²) in [6.07, 6.45) is 0. The third-order valence-corrected chi connectivity index (χ3v) is 18.6. The van der Waals surface area contributed by atoms with Crippen LogP contribution < -0.4 is 25.6 Å². The van der Waals surface area contributed by atoms with Crippen LogP contribution in [0.1, 0.15) is 0 Å². The van der Waals surface area contributed by atoms with Gasteiger partial charge in [-0.2, -0.15) is 0 Å². The predicted molar refractivity (Wildman–Crippen MR) is 294 cm³/mol. The number of hydrogen-bond acceptors (Lipinski definition) is 1. The van der Waals surface area contributed by atoms with Gasteiger partial charge in [-0.05, 0) is 129 Å². The number of nitrogens with zero attached hydrogens (tertiary/aromatic N) is 1. The Labute approximate surface area is 399 Å². The number of para-hydroxylation sites is 1. The van der Waals surface area contributed by atoms with E-state index in [0.717, 1.165) is 17.1 Å². The molecule has 1 nitrogen and oxygen atoms in total. The molecule has 12 aromatic carbocycles. The lowest BCUT2D eigenvalue weighted by Gasteiger charge is -2.35. The maximum absolute atomic E-state index is 2.72. The van der Waals surface area contributed by atoms with Gasteiger partial charge in [-0.3, -0.25) is 0 Å². The highest BCUT2D eigenvalue weighted by Crippen LogP contribution is 2.50. The van der Waals surface area contributed by atoms with E-state index in [2.05, 4.69) is 290 Å². The molecule has 320 valence electrons. The molecule has 0 radical (unpaired) electrons. The summed E-state index contributed by atoms with van der Waals surface area (Å²) in [5.41, 5.74) is 10.6. The standard InChI is InChI=1S/C66H47NSi/c1-8-24-48(25-9-1)61-47-62(49-26-10-2-11-27-49)65-59-39-23-22-38-58(59)63-46-53(42-45-60(63)66(65)64(61)50-28-12-3-13-29-50)67(51-30-14-4-15-31-51)52-40-43-57(44-41-52)68(54-32-16-5-17-33-54,55-34-18-6-19-35-55)56-36-20-7-21-37-56/h1-47H. The Morgan fingerprint density at radius 3 is 1.15 bits per heavy atom. The zero-order valence-corrected chi connectivity index (χ0v) is 38.6. The van der Waals surface area contributed by atoms with Crippen LogP contribution in [-0.4, -0.2) is 8.07 Å². The summed E-state index contributed by atoms with van der Waals surface area (Å²) < 4.78 is 0. The van der Waals surface area contributed by atoms with Crippen LogP contribution in [0.25, 0.3) is 65.7 Å². The van der Waals surface area contributed by atoms with Gasteiger partial charge in [-0.15, -0.1) is 0 Å². The van der Waals surface area contributed by atoms with E-state index >= 15 is 0 Å². The molecule has 0 aliphatic carbocycles. The first-order valence-electron chi connectivity index (χ1n) is 23.5. The number of benzene rings is 12. The predicted octanol–water partition coefficient (Wildman–Crippen LogP) is 15.0. The smallest absolute Gasteiger partial charge is 0.179 e. The van der Waals surface area contributed by atoms with Crippen LogP contribution in [0.3, 0.4) is 0 Å². The first-order valence-corrected chi connectivity index (χ1v) is 25.5. The van der Waals surface area contributed by atoms with Crippen molar-refractivity contribution in [3.05, 3.63) is 285 Å². The highest BCUT2D eigenvalue weighted by atomic mass is 28.3. The van der Waals surface area contributed by atoms with Gasteiger partial charge in [0.05, 0.1) is 0 Å². The normalized spacial score (nSPS) is 11.5. The van der Waals surface area contributed by atoms with Crippen molar-refractivity contribution in [1.29, 1.82) is 0 Å². The molecule has 0 spiro atoms. The Bertz CT molecular complexity index is 3580. The van der Waals surface area contributed by atoms with E-state index in [4.69, 9.17) is 0 Å². The van der Waals surface area contributed by atoms with Gasteiger partial charge in [0.15, 0.2) is 8.07 Å². The van der Waals surface area contributed by atoms with E-state index in [1.807, 2.05) is 0 Å². The van der Waals surface area contributed by atoms with Crippen LogP contribution >= 0.6 is 0 Å². The van der Waals surface area contributed by atoms with Gasteiger partial charge < -0.3 is 4.90 Å². The number of anilines is 3. The van der Waals surface area contributed by atoms with Crippen molar-refractivity contribution in [3.63, 3.8) is 0 Å². The minimum atomic E-state index is -2.72. The van der Waals surface area contributed by atoms with Crippen LogP contribution in [0.5, 0.6) is 0 Å². The van der Waals surface area contributed by atoms with Gasteiger partial charge in [0, 0.05) is 17.1 Å². The monoisotopic (exact) mass is 881 g/mol. The van der Waals surface area contributed by atoms with Crippen LogP contribution in [0.2, 0.25) is 0 Å². The average Bonchev–Trinajstić information content (AvgIpc) is 3.43. The Kier molecular flexibility index (Phi) is 10.6. The quantitative estimate of drug-likeness (QED) is 0.0751. The fourth-order valence-electron chi connectivity index (χ4n) is 10.8. The first-order chi connectivity index (χ1) is 33.8. The minimum absolute atomic E-state index is 1.10. The molecule has 0 saturated heterocycles. The fourth-order valence-corrected chi connectivity index (χ4v) is 15.6. The zero-order valence-electron chi connectivity index (χ0n) is 37.6. The molecule has 0 saturated carbocycles. The molecule has 68 heavy (non-hydrogen) atoms. The molecule has 0 aliphatic heterocycles. The van der Waals surface area contributed by atoms with Gasteiger partial charge in [-0.1, -0.05) is 243 Å². The number of rotatable bonds is 10. The lowest BCUT2D eigenvalue weighted by molar-refractivity contribution is 1.29. The Hall–Kier alpha value is -8.56. The second kappa shape index (κ2) is 17.7. The third kappa shape index (κ3) is 7.02. The first kappa shape index (κ1) is 40.9. The number of hydrogen-bond donors (Lipinski definition) is 0. The van der Waals surface area contributed by atoms with Crippen molar-refractivity contribution in [3.8, 4) is 33.4 Å². The maximum atomic E-state index is 2.44. The molecular formula is C66H47NSi. The molecule has 0 aliphatic rings. The molecular weight excluding hydrogens is 835 g/mol. The lowest BCUT2D eigenvalue weighted by Crippen LogP contribution is -2.74. The lowest BCUT2D eigenvalue weighted by atomic mass is 9.81. The molecule has 12 aromatic rings. The van der Waals surface area contributed by atoms with Crippen molar-refractivity contribution in [2.75, 3.05) is 4.90 Å². The molecule has 0 amide bonds. The Morgan fingerprint density at radius 2 is 0.618 bits per heavy atom. The average molecular weight is 882 g/mol. The van der Waals surface area contributed by atoms with Crippen molar-refractivity contribution < 1.29 is 0 Å². The molecule has 2 heteroatoms. The van der Waals surface area contributed by atoms with E-state index in [-0.39, 0.29) is 0 Å². The molecule has 0 heterocycles. The summed E-state index contributed by atoms with van der Waals surface area (Å²) >= 11 is 0. The summed E-state index contributed by atoms with van der Waals surface area (Å²) in [6.45, 7) is 0. The van der Waals surface area contributed by atoms with Gasteiger partial charge in [0.1, 0.15) is 0 Å². The highest BCUT2D eigenvalue weighted by Gasteiger charge is 2.41. The zero-order chi connectivity index (χ0) is 45.3. The summed E-state index contributed by atoms with van der Waals surface area (Å²) in [7, 11) is -2.72. The van der Waals surface area contributed by atoms with E-state index in [1.165, 1.54) is 86.4 Å². The molecule has 0 bridgehead atoms. The highest BCUT2D eigenvalue weighted by molar-refractivity contribution is 7.19. The molecule has 0 unspecified atom stereocenters. The van der Waals surface area contributed by atoms with Gasteiger partial charge in [-0.25, -0.2) is 0 Å². The van der Waals surface area contributed by atoms with Crippen molar-refractivity contribution >= 4 is 78.2 Å². The van der Waals surface area contributed by atoms with E-state index in [0.29, 0.717) is 0 Å². The van der Waals surface area contributed by atoms with Gasteiger partial charge >= 0.3 is 0 Å². The number of fused-ring (bicyclic) bond motifs is 6. The second-order valence-corrected chi connectivity index (χ2v) is 21.3. The summed E-state index contributed by atoms with van der Waals surface area (Å²) in [5, 5.41) is 12.9. The molecule has 0 fully saturated rings. The topological polar surface area (TPSA) is 3.24 Å². The fraction of sp³-hybridized carbons (Fsp3) is 0. The SMILES string of the molecule is c1ccc(-c2cc(-c3ccccc3)c3c4ccccc4c4cc(N(c5ccccc5)c5ccc([Si](c6ccccc6)(c6ccccc6)c6ccccc6)cc5)ccc4c3c2-c2ccccc2)cc1. The van der Waals surface area contributed by atoms with Gasteiger partial charge in [0.2, 0.25) is 0 Å². The summed E-state index contributed by atoms with van der Waals surface area (Å²) in [5.74, 6) is 0. The Balaban J connectivity index is 1.12. The summed E-state index contributed by atoms with van der Waals surface area (Å²) in [4.78, 5) is 2.42. The van der Waals surface area contributed by atoms with Crippen LogP contribution in [-0.2, 0) is 0 Å². The van der Waals surface area contributed by atoms with Gasteiger partial charge in [0.25, 0.3) is 0 Å². The van der Waals surface area contributed by atoms with Crippen LogP contribution in [0.15, 0.2) is 285 Å². The molecule has 0 N–H and O–H groups in total. The largest absolute Gasteiger partial charge is 0.310 e. The summed E-state index contributed by atoms with van der Waals surface area (Å²) in [6, 6.07) is 105. The van der Waals surface area contributed by atoms with Crippen molar-refractivity contribution in [2.24, 2.45) is 0 Å².